The van der Waals surface area contributed by atoms with Gasteiger partial charge in [-0.05, 0) is 30.5 Å². The maximum atomic E-state index is 12.2. The van der Waals surface area contributed by atoms with E-state index in [-0.39, 0.29) is 5.75 Å². The van der Waals surface area contributed by atoms with Crippen LogP contribution in [0.25, 0.3) is 0 Å². The molecule has 0 heterocycles. The van der Waals surface area contributed by atoms with Crippen molar-refractivity contribution in [1.82, 2.24) is 10.6 Å². The highest BCUT2D eigenvalue weighted by Crippen LogP contribution is 2.18. The number of nitrogens with one attached hydrogen (secondary N) is 2. The van der Waals surface area contributed by atoms with Gasteiger partial charge in [0.15, 0.2) is 5.96 Å². The maximum Gasteiger partial charge on any atom is 0.387 e. The van der Waals surface area contributed by atoms with E-state index in [0.29, 0.717) is 12.6 Å². The van der Waals surface area contributed by atoms with Gasteiger partial charge in [-0.15, -0.1) is 0 Å². The summed E-state index contributed by atoms with van der Waals surface area (Å²) in [6.07, 6.45) is 4.83. The lowest BCUT2D eigenvalue weighted by Crippen LogP contribution is -2.41. The summed E-state index contributed by atoms with van der Waals surface area (Å²) < 4.78 is 28.8. The van der Waals surface area contributed by atoms with Gasteiger partial charge in [-0.2, -0.15) is 8.78 Å². The van der Waals surface area contributed by atoms with Crippen LogP contribution in [0.3, 0.4) is 0 Å². The second-order valence-corrected chi connectivity index (χ2v) is 5.08. The monoisotopic (exact) mass is 297 g/mol. The van der Waals surface area contributed by atoms with E-state index < -0.39 is 6.61 Å². The molecule has 1 aromatic rings. The number of alkyl halides is 2. The van der Waals surface area contributed by atoms with Gasteiger partial charge < -0.3 is 15.4 Å². The molecule has 116 valence electrons. The first kappa shape index (κ1) is 15.5. The predicted octanol–water partition coefficient (Wildman–Crippen LogP) is 2.90. The molecule has 2 N–H and O–H groups in total. The van der Waals surface area contributed by atoms with Gasteiger partial charge in [0, 0.05) is 19.6 Å². The summed E-state index contributed by atoms with van der Waals surface area (Å²) in [4.78, 5) is 4.18. The molecule has 0 amide bonds. The first-order valence-corrected chi connectivity index (χ1v) is 7.18. The number of nitrogens with zero attached hydrogens (tertiary/aromatic N) is 1. The lowest BCUT2D eigenvalue weighted by Gasteiger charge is -2.17. The highest BCUT2D eigenvalue weighted by atomic mass is 19.3. The average molecular weight is 297 g/mol. The summed E-state index contributed by atoms with van der Waals surface area (Å²) >= 11 is 0. The molecular weight excluding hydrogens is 276 g/mol. The van der Waals surface area contributed by atoms with Crippen LogP contribution < -0.4 is 15.4 Å². The van der Waals surface area contributed by atoms with Crippen LogP contribution in [0.15, 0.2) is 29.3 Å². The van der Waals surface area contributed by atoms with Gasteiger partial charge in [0.25, 0.3) is 0 Å². The molecule has 21 heavy (non-hydrogen) atoms. The highest BCUT2D eigenvalue weighted by Gasteiger charge is 2.15. The van der Waals surface area contributed by atoms with Crippen molar-refractivity contribution in [1.29, 1.82) is 0 Å². The average Bonchev–Trinajstić information content (AvgIpc) is 2.96. The standard InChI is InChI=1S/C15H21F2N3O/c1-18-15(20-12-6-2-3-7-12)19-10-11-5-4-8-13(9-11)21-14(16)17/h4-5,8-9,12,14H,2-3,6-7,10H2,1H3,(H2,18,19,20). The van der Waals surface area contributed by atoms with Crippen molar-refractivity contribution in [2.45, 2.75) is 44.9 Å². The van der Waals surface area contributed by atoms with Crippen LogP contribution in [0.1, 0.15) is 31.2 Å². The molecule has 0 radical (unpaired) electrons. The second kappa shape index (κ2) is 7.81. The number of ether oxygens (including phenoxy) is 1. The zero-order chi connectivity index (χ0) is 15.1. The quantitative estimate of drug-likeness (QED) is 0.649. The Morgan fingerprint density at radius 1 is 1.38 bits per heavy atom. The van der Waals surface area contributed by atoms with Gasteiger partial charge in [-0.3, -0.25) is 4.99 Å². The Bertz CT molecular complexity index is 474. The number of guanidine groups is 1. The number of hydrogen-bond acceptors (Lipinski definition) is 2. The van der Waals surface area contributed by atoms with E-state index in [4.69, 9.17) is 0 Å². The number of halogens is 2. The molecule has 6 heteroatoms. The summed E-state index contributed by atoms with van der Waals surface area (Å²) in [5.74, 6) is 0.908. The normalized spacial score (nSPS) is 16.3. The van der Waals surface area contributed by atoms with Crippen molar-refractivity contribution in [3.8, 4) is 5.75 Å². The minimum Gasteiger partial charge on any atom is -0.435 e. The third kappa shape index (κ3) is 5.21. The van der Waals surface area contributed by atoms with Gasteiger partial charge in [-0.25, -0.2) is 0 Å². The first-order chi connectivity index (χ1) is 10.2. The molecule has 0 saturated heterocycles. The molecule has 1 aromatic carbocycles. The molecule has 0 spiro atoms. The number of benzene rings is 1. The minimum atomic E-state index is -2.80. The van der Waals surface area contributed by atoms with Crippen LogP contribution in [0.2, 0.25) is 0 Å². The van der Waals surface area contributed by atoms with E-state index in [2.05, 4.69) is 20.4 Å². The van der Waals surface area contributed by atoms with Crippen LogP contribution in [0.5, 0.6) is 5.75 Å². The number of hydrogen-bond donors (Lipinski definition) is 2. The van der Waals surface area contributed by atoms with Gasteiger partial charge in [0.05, 0.1) is 0 Å². The maximum absolute atomic E-state index is 12.2. The lowest BCUT2D eigenvalue weighted by atomic mass is 10.2. The van der Waals surface area contributed by atoms with Crippen molar-refractivity contribution in [2.24, 2.45) is 4.99 Å². The third-order valence-electron chi connectivity index (χ3n) is 3.50. The Hall–Kier alpha value is -1.85. The van der Waals surface area contributed by atoms with E-state index >= 15 is 0 Å². The minimum absolute atomic E-state index is 0.169. The molecule has 1 fully saturated rings. The molecule has 0 aliphatic heterocycles. The zero-order valence-electron chi connectivity index (χ0n) is 12.1. The van der Waals surface area contributed by atoms with Gasteiger partial charge >= 0.3 is 6.61 Å². The van der Waals surface area contributed by atoms with Gasteiger partial charge in [0.2, 0.25) is 0 Å². The third-order valence-corrected chi connectivity index (χ3v) is 3.50. The Morgan fingerprint density at radius 3 is 2.81 bits per heavy atom. The largest absolute Gasteiger partial charge is 0.435 e. The molecule has 0 bridgehead atoms. The molecule has 1 saturated carbocycles. The van der Waals surface area contributed by atoms with E-state index in [1.165, 1.54) is 31.7 Å². The van der Waals surface area contributed by atoms with E-state index in [0.717, 1.165) is 11.5 Å². The van der Waals surface area contributed by atoms with Crippen LogP contribution >= 0.6 is 0 Å². The molecule has 1 aliphatic rings. The van der Waals surface area contributed by atoms with Crippen LogP contribution in [0.4, 0.5) is 8.78 Å². The SMILES string of the molecule is CN=C(NCc1cccc(OC(F)F)c1)NC1CCCC1. The fourth-order valence-corrected chi connectivity index (χ4v) is 2.48. The van der Waals surface area contributed by atoms with Gasteiger partial charge in [0.1, 0.15) is 5.75 Å². The summed E-state index contributed by atoms with van der Waals surface area (Å²) in [5.41, 5.74) is 0.863. The Balaban J connectivity index is 1.85. The Morgan fingerprint density at radius 2 is 2.14 bits per heavy atom. The van der Waals surface area contributed by atoms with E-state index in [9.17, 15) is 8.78 Å². The van der Waals surface area contributed by atoms with Gasteiger partial charge in [-0.1, -0.05) is 25.0 Å². The molecule has 1 aliphatic carbocycles. The predicted molar refractivity (Wildman–Crippen MR) is 78.7 cm³/mol. The first-order valence-electron chi connectivity index (χ1n) is 7.18. The van der Waals surface area contributed by atoms with Crippen molar-refractivity contribution in [3.63, 3.8) is 0 Å². The second-order valence-electron chi connectivity index (χ2n) is 5.08. The zero-order valence-corrected chi connectivity index (χ0v) is 12.1. The van der Waals surface area contributed by atoms with E-state index in [1.807, 2.05) is 6.07 Å². The fraction of sp³-hybridized carbons (Fsp3) is 0.533. The summed E-state index contributed by atoms with van der Waals surface area (Å²) in [5, 5.41) is 6.56. The Labute approximate surface area is 123 Å². The van der Waals surface area contributed by atoms with Crippen LogP contribution in [0, 0.1) is 0 Å². The van der Waals surface area contributed by atoms with Crippen molar-refractivity contribution in [2.75, 3.05) is 7.05 Å². The molecule has 2 rings (SSSR count). The smallest absolute Gasteiger partial charge is 0.387 e. The van der Waals surface area contributed by atoms with Crippen LogP contribution in [-0.4, -0.2) is 25.7 Å². The van der Waals surface area contributed by atoms with E-state index in [1.54, 1.807) is 19.2 Å². The summed E-state index contributed by atoms with van der Waals surface area (Å²) in [6.45, 7) is -2.29. The molecule has 0 aromatic heterocycles. The lowest BCUT2D eigenvalue weighted by molar-refractivity contribution is -0.0498. The topological polar surface area (TPSA) is 45.7 Å². The summed E-state index contributed by atoms with van der Waals surface area (Å²) in [7, 11) is 1.72. The van der Waals surface area contributed by atoms with Crippen molar-refractivity contribution < 1.29 is 13.5 Å². The fourth-order valence-electron chi connectivity index (χ4n) is 2.48. The number of rotatable bonds is 5. The molecule has 4 nitrogen and oxygen atoms in total. The molecular formula is C15H21F2N3O. The van der Waals surface area contributed by atoms with Crippen molar-refractivity contribution >= 4 is 5.96 Å². The molecule has 0 atom stereocenters. The van der Waals surface area contributed by atoms with Crippen molar-refractivity contribution in [3.05, 3.63) is 29.8 Å². The molecule has 0 unspecified atom stereocenters. The summed E-state index contributed by atoms with van der Waals surface area (Å²) in [6, 6.07) is 7.14. The Kier molecular flexibility index (Phi) is 5.78. The number of aliphatic imine (C=N–C) groups is 1. The highest BCUT2D eigenvalue weighted by molar-refractivity contribution is 5.79. The van der Waals surface area contributed by atoms with Crippen LogP contribution in [-0.2, 0) is 6.54 Å².